The lowest BCUT2D eigenvalue weighted by Crippen LogP contribution is -2.46. The summed E-state index contributed by atoms with van der Waals surface area (Å²) in [6, 6.07) is 1.16. The van der Waals surface area contributed by atoms with Crippen molar-refractivity contribution in [1.29, 1.82) is 0 Å². The van der Waals surface area contributed by atoms with E-state index in [0.29, 0.717) is 6.42 Å². The Morgan fingerprint density at radius 3 is 2.50 bits per heavy atom. The first kappa shape index (κ1) is 21.3. The van der Waals surface area contributed by atoms with Crippen LogP contribution in [0.4, 0.5) is 4.79 Å². The molecule has 2 aromatic rings. The number of amides is 3. The molecular formula is C19H27N5O4. The van der Waals surface area contributed by atoms with Gasteiger partial charge >= 0.3 is 12.0 Å². The van der Waals surface area contributed by atoms with E-state index in [4.69, 9.17) is 4.74 Å². The number of fused-ring (bicyclic) bond motifs is 1. The van der Waals surface area contributed by atoms with Crippen LogP contribution in [0.3, 0.4) is 0 Å². The van der Waals surface area contributed by atoms with Crippen LogP contribution in [0, 0.1) is 20.8 Å². The van der Waals surface area contributed by atoms with Gasteiger partial charge in [-0.05, 0) is 53.5 Å². The van der Waals surface area contributed by atoms with E-state index in [1.54, 1.807) is 18.4 Å². The Hall–Kier alpha value is -2.97. The molecule has 0 aliphatic rings. The van der Waals surface area contributed by atoms with Gasteiger partial charge in [0.15, 0.2) is 11.8 Å². The van der Waals surface area contributed by atoms with Crippen molar-refractivity contribution in [2.45, 2.75) is 66.5 Å². The van der Waals surface area contributed by atoms with Crippen molar-refractivity contribution in [2.24, 2.45) is 0 Å². The highest BCUT2D eigenvalue weighted by Crippen LogP contribution is 2.17. The number of aryl methyl sites for hydroxylation is 3. The quantitative estimate of drug-likeness (QED) is 0.728. The van der Waals surface area contributed by atoms with Gasteiger partial charge in [0.25, 0.3) is 5.91 Å². The number of urea groups is 1. The minimum atomic E-state index is -1.07. The van der Waals surface area contributed by atoms with Crippen molar-refractivity contribution in [3.63, 3.8) is 0 Å². The van der Waals surface area contributed by atoms with Crippen LogP contribution in [0.5, 0.6) is 0 Å². The molecule has 9 heteroatoms. The third kappa shape index (κ3) is 5.28. The van der Waals surface area contributed by atoms with E-state index < -0.39 is 24.0 Å². The molecule has 3 amide bonds. The standard InChI is InChI=1S/C19H27N5O4/c1-10(2)20-19(27)22-18(26)14(6)28-17(25)8-7-15-12(4)21-16-9-11(3)23-24(16)13(15)5/h9-10,14H,7-8H2,1-6H3,(H2,20,22,26,27). The molecule has 2 heterocycles. The Balaban J connectivity index is 1.94. The van der Waals surface area contributed by atoms with E-state index in [1.165, 1.54) is 6.92 Å². The summed E-state index contributed by atoms with van der Waals surface area (Å²) in [6.45, 7) is 10.7. The maximum Gasteiger partial charge on any atom is 0.321 e. The maximum atomic E-state index is 12.1. The summed E-state index contributed by atoms with van der Waals surface area (Å²) in [7, 11) is 0. The minimum absolute atomic E-state index is 0.0882. The van der Waals surface area contributed by atoms with Gasteiger partial charge < -0.3 is 10.1 Å². The topological polar surface area (TPSA) is 115 Å². The zero-order valence-corrected chi connectivity index (χ0v) is 17.1. The van der Waals surface area contributed by atoms with Gasteiger partial charge in [0.2, 0.25) is 0 Å². The fraction of sp³-hybridized carbons (Fsp3) is 0.526. The molecule has 0 aliphatic carbocycles. The molecule has 1 atom stereocenters. The third-order valence-electron chi connectivity index (χ3n) is 4.20. The lowest BCUT2D eigenvalue weighted by atomic mass is 10.1. The average Bonchev–Trinajstić information content (AvgIpc) is 2.94. The van der Waals surface area contributed by atoms with Crippen molar-refractivity contribution in [3.8, 4) is 0 Å². The Morgan fingerprint density at radius 2 is 1.86 bits per heavy atom. The van der Waals surface area contributed by atoms with Crippen LogP contribution in [0.25, 0.3) is 5.65 Å². The monoisotopic (exact) mass is 389 g/mol. The molecule has 0 saturated carbocycles. The Labute approximate surface area is 163 Å². The van der Waals surface area contributed by atoms with Crippen molar-refractivity contribution < 1.29 is 19.1 Å². The Bertz CT molecular complexity index is 903. The smallest absolute Gasteiger partial charge is 0.321 e. The molecule has 2 aromatic heterocycles. The van der Waals surface area contributed by atoms with E-state index in [0.717, 1.165) is 28.3 Å². The molecule has 1 unspecified atom stereocenters. The van der Waals surface area contributed by atoms with Crippen LogP contribution in [-0.2, 0) is 20.7 Å². The number of hydrogen-bond acceptors (Lipinski definition) is 6. The highest BCUT2D eigenvalue weighted by molar-refractivity contribution is 5.97. The fourth-order valence-corrected chi connectivity index (χ4v) is 2.85. The lowest BCUT2D eigenvalue weighted by molar-refractivity contribution is -0.154. The van der Waals surface area contributed by atoms with E-state index in [-0.39, 0.29) is 12.5 Å². The number of carbonyl (C=O) groups excluding carboxylic acids is 3. The molecule has 28 heavy (non-hydrogen) atoms. The first-order valence-corrected chi connectivity index (χ1v) is 9.21. The molecule has 152 valence electrons. The van der Waals surface area contributed by atoms with Gasteiger partial charge in [-0.15, -0.1) is 0 Å². The zero-order valence-electron chi connectivity index (χ0n) is 17.1. The van der Waals surface area contributed by atoms with Gasteiger partial charge in [-0.1, -0.05) is 0 Å². The average molecular weight is 389 g/mol. The first-order valence-electron chi connectivity index (χ1n) is 9.21. The number of imide groups is 1. The van der Waals surface area contributed by atoms with Crippen LogP contribution < -0.4 is 10.6 Å². The van der Waals surface area contributed by atoms with Gasteiger partial charge in [-0.25, -0.2) is 14.3 Å². The molecule has 0 radical (unpaired) electrons. The molecule has 2 N–H and O–H groups in total. The summed E-state index contributed by atoms with van der Waals surface area (Å²) >= 11 is 0. The highest BCUT2D eigenvalue weighted by Gasteiger charge is 2.21. The first-order chi connectivity index (χ1) is 13.1. The van der Waals surface area contributed by atoms with Gasteiger partial charge in [0.1, 0.15) is 0 Å². The number of aromatic nitrogens is 3. The number of hydrogen-bond donors (Lipinski definition) is 2. The van der Waals surface area contributed by atoms with Gasteiger partial charge in [0, 0.05) is 29.9 Å². The highest BCUT2D eigenvalue weighted by atomic mass is 16.5. The SMILES string of the molecule is Cc1cc2nc(C)c(CCC(=O)OC(C)C(=O)NC(=O)NC(C)C)c(C)n2n1. The number of ether oxygens (including phenoxy) is 1. The van der Waals surface area contributed by atoms with Gasteiger partial charge in [-0.2, -0.15) is 5.10 Å². The van der Waals surface area contributed by atoms with Gasteiger partial charge in [0.05, 0.1) is 5.69 Å². The van der Waals surface area contributed by atoms with Crippen molar-refractivity contribution >= 4 is 23.6 Å². The van der Waals surface area contributed by atoms with E-state index in [1.807, 2.05) is 26.8 Å². The van der Waals surface area contributed by atoms with Crippen LogP contribution in [-0.4, -0.2) is 44.7 Å². The molecular weight excluding hydrogens is 362 g/mol. The van der Waals surface area contributed by atoms with Crippen LogP contribution in [0.15, 0.2) is 6.07 Å². The largest absolute Gasteiger partial charge is 0.453 e. The summed E-state index contributed by atoms with van der Waals surface area (Å²) in [4.78, 5) is 40.1. The van der Waals surface area contributed by atoms with E-state index >= 15 is 0 Å². The van der Waals surface area contributed by atoms with Crippen molar-refractivity contribution in [2.75, 3.05) is 0 Å². The number of rotatable bonds is 6. The van der Waals surface area contributed by atoms with Crippen LogP contribution in [0.1, 0.15) is 49.8 Å². The second-order valence-corrected chi connectivity index (χ2v) is 7.07. The van der Waals surface area contributed by atoms with Crippen molar-refractivity contribution in [1.82, 2.24) is 25.2 Å². The number of carbonyl (C=O) groups is 3. The van der Waals surface area contributed by atoms with E-state index in [9.17, 15) is 14.4 Å². The summed E-state index contributed by atoms with van der Waals surface area (Å²) in [5.41, 5.74) is 4.30. The molecule has 0 aromatic carbocycles. The van der Waals surface area contributed by atoms with Crippen LogP contribution >= 0.6 is 0 Å². The van der Waals surface area contributed by atoms with E-state index in [2.05, 4.69) is 20.7 Å². The minimum Gasteiger partial charge on any atom is -0.453 e. The maximum absolute atomic E-state index is 12.1. The Morgan fingerprint density at radius 1 is 1.18 bits per heavy atom. The second-order valence-electron chi connectivity index (χ2n) is 7.07. The molecule has 2 rings (SSSR count). The molecule has 0 bridgehead atoms. The Kier molecular flexibility index (Phi) is 6.71. The summed E-state index contributed by atoms with van der Waals surface area (Å²) in [6.07, 6.45) is -0.562. The molecule has 0 saturated heterocycles. The third-order valence-corrected chi connectivity index (χ3v) is 4.20. The second kappa shape index (κ2) is 8.81. The zero-order chi connectivity index (χ0) is 21.0. The normalized spacial score (nSPS) is 12.1. The van der Waals surface area contributed by atoms with Crippen molar-refractivity contribution in [3.05, 3.63) is 28.7 Å². The summed E-state index contributed by atoms with van der Waals surface area (Å²) in [5.74, 6) is -1.20. The number of esters is 1. The number of nitrogens with one attached hydrogen (secondary N) is 2. The predicted octanol–water partition coefficient (Wildman–Crippen LogP) is 1.75. The molecule has 0 fully saturated rings. The summed E-state index contributed by atoms with van der Waals surface area (Å²) < 4.78 is 6.89. The fourth-order valence-electron chi connectivity index (χ4n) is 2.85. The predicted molar refractivity (Wildman–Crippen MR) is 103 cm³/mol. The molecule has 0 aliphatic heterocycles. The van der Waals surface area contributed by atoms with Gasteiger partial charge in [-0.3, -0.25) is 14.9 Å². The summed E-state index contributed by atoms with van der Waals surface area (Å²) in [5, 5.41) is 9.08. The lowest BCUT2D eigenvalue weighted by Gasteiger charge is -2.15. The number of nitrogens with zero attached hydrogens (tertiary/aromatic N) is 3. The van der Waals surface area contributed by atoms with Crippen LogP contribution in [0.2, 0.25) is 0 Å². The molecule has 0 spiro atoms. The molecule has 9 nitrogen and oxygen atoms in total.